The number of nitrogen functional groups attached to an aromatic ring is 2. The second-order valence-electron chi connectivity index (χ2n) is 4.11. The summed E-state index contributed by atoms with van der Waals surface area (Å²) in [7, 11) is 0. The lowest BCUT2D eigenvalue weighted by Gasteiger charge is -2.15. The molecule has 19 heavy (non-hydrogen) atoms. The smallest absolute Gasteiger partial charge is 0.169 e. The summed E-state index contributed by atoms with van der Waals surface area (Å²) in [5, 5.41) is 2.39. The lowest BCUT2D eigenvalue weighted by Crippen LogP contribution is -2.04. The van der Waals surface area contributed by atoms with Crippen LogP contribution in [0.2, 0.25) is 5.02 Å². The Hall–Kier alpha value is -2.01. The second kappa shape index (κ2) is 4.93. The molecule has 0 saturated heterocycles. The summed E-state index contributed by atoms with van der Waals surface area (Å²) in [6.45, 7) is 1.69. The van der Waals surface area contributed by atoms with Crippen LogP contribution in [0, 0.1) is 18.6 Å². The molecular weight excluding hydrogens is 272 g/mol. The predicted molar refractivity (Wildman–Crippen MR) is 74.7 cm³/mol. The molecule has 0 fully saturated rings. The number of anilines is 4. The van der Waals surface area contributed by atoms with E-state index in [1.54, 1.807) is 19.1 Å². The zero-order valence-electron chi connectivity index (χ0n) is 10.1. The fourth-order valence-electron chi connectivity index (χ4n) is 1.71. The Kier molecular flexibility index (Phi) is 3.48. The standard InChI is InChI=1S/C13H12ClF2N3/c1-6-3-2-4-7(15)12(6)19-13-9(18)5-8(17)10(14)11(13)16/h2-5,19H,17-18H2,1H3. The highest BCUT2D eigenvalue weighted by Gasteiger charge is 2.16. The zero-order chi connectivity index (χ0) is 14.2. The number of aryl methyl sites for hydroxylation is 1. The second-order valence-corrected chi connectivity index (χ2v) is 4.49. The Bertz CT molecular complexity index is 624. The van der Waals surface area contributed by atoms with Gasteiger partial charge in [-0.1, -0.05) is 23.7 Å². The van der Waals surface area contributed by atoms with Crippen molar-refractivity contribution in [3.05, 3.63) is 46.5 Å². The first-order chi connectivity index (χ1) is 8.91. The predicted octanol–water partition coefficient (Wildman–Crippen LogP) is 3.83. The van der Waals surface area contributed by atoms with Gasteiger partial charge >= 0.3 is 0 Å². The average Bonchev–Trinajstić information content (AvgIpc) is 2.35. The van der Waals surface area contributed by atoms with Crippen LogP contribution in [0.1, 0.15) is 5.56 Å². The maximum Gasteiger partial charge on any atom is 0.169 e. The van der Waals surface area contributed by atoms with Gasteiger partial charge in [-0.15, -0.1) is 0 Å². The van der Waals surface area contributed by atoms with Crippen LogP contribution in [-0.4, -0.2) is 0 Å². The Labute approximate surface area is 114 Å². The van der Waals surface area contributed by atoms with Gasteiger partial charge in [-0.3, -0.25) is 0 Å². The minimum Gasteiger partial charge on any atom is -0.397 e. The molecule has 0 aliphatic rings. The Morgan fingerprint density at radius 3 is 2.42 bits per heavy atom. The van der Waals surface area contributed by atoms with Crippen molar-refractivity contribution in [3.63, 3.8) is 0 Å². The van der Waals surface area contributed by atoms with E-state index in [4.69, 9.17) is 23.1 Å². The number of para-hydroxylation sites is 1. The monoisotopic (exact) mass is 283 g/mol. The summed E-state index contributed by atoms with van der Waals surface area (Å²) in [5.41, 5.74) is 11.9. The molecular formula is C13H12ClF2N3. The Balaban J connectivity index is 2.53. The number of nitrogens with one attached hydrogen (secondary N) is 1. The van der Waals surface area contributed by atoms with E-state index < -0.39 is 11.6 Å². The summed E-state index contributed by atoms with van der Waals surface area (Å²) in [5.74, 6) is -1.31. The topological polar surface area (TPSA) is 64.1 Å². The molecule has 2 aromatic carbocycles. The third-order valence-electron chi connectivity index (χ3n) is 2.74. The quantitative estimate of drug-likeness (QED) is 0.734. The van der Waals surface area contributed by atoms with Gasteiger partial charge < -0.3 is 16.8 Å². The molecule has 6 heteroatoms. The molecule has 0 bridgehead atoms. The first kappa shape index (κ1) is 13.4. The van der Waals surface area contributed by atoms with Gasteiger partial charge in [-0.25, -0.2) is 8.78 Å². The number of hydrogen-bond acceptors (Lipinski definition) is 3. The molecule has 0 radical (unpaired) electrons. The summed E-state index contributed by atoms with van der Waals surface area (Å²) < 4.78 is 27.7. The van der Waals surface area contributed by atoms with Gasteiger partial charge in [0.1, 0.15) is 10.8 Å². The Morgan fingerprint density at radius 2 is 1.79 bits per heavy atom. The molecule has 3 nitrogen and oxygen atoms in total. The minimum absolute atomic E-state index is 0.0347. The molecule has 0 aromatic heterocycles. The van der Waals surface area contributed by atoms with Crippen LogP contribution in [-0.2, 0) is 0 Å². The van der Waals surface area contributed by atoms with E-state index in [1.807, 2.05) is 0 Å². The SMILES string of the molecule is Cc1cccc(F)c1Nc1c(N)cc(N)c(Cl)c1F. The number of hydrogen-bond donors (Lipinski definition) is 3. The molecule has 0 amide bonds. The molecule has 2 aromatic rings. The lowest BCUT2D eigenvalue weighted by molar-refractivity contribution is 0.625. The molecule has 0 unspecified atom stereocenters. The largest absolute Gasteiger partial charge is 0.397 e. The van der Waals surface area contributed by atoms with Crippen LogP contribution in [0.3, 0.4) is 0 Å². The first-order valence-corrected chi connectivity index (χ1v) is 5.84. The molecule has 2 rings (SSSR count). The zero-order valence-corrected chi connectivity index (χ0v) is 10.9. The number of rotatable bonds is 2. The van der Waals surface area contributed by atoms with Crippen molar-refractivity contribution in [2.45, 2.75) is 6.92 Å². The lowest BCUT2D eigenvalue weighted by atomic mass is 10.1. The average molecular weight is 284 g/mol. The van der Waals surface area contributed by atoms with Crippen LogP contribution >= 0.6 is 11.6 Å². The highest BCUT2D eigenvalue weighted by Crippen LogP contribution is 2.36. The number of halogens is 3. The minimum atomic E-state index is -0.804. The molecule has 0 saturated carbocycles. The normalized spacial score (nSPS) is 10.5. The molecule has 5 N–H and O–H groups in total. The van der Waals surface area contributed by atoms with E-state index in [2.05, 4.69) is 5.32 Å². The van der Waals surface area contributed by atoms with Crippen molar-refractivity contribution in [1.29, 1.82) is 0 Å². The van der Waals surface area contributed by atoms with Crippen molar-refractivity contribution in [3.8, 4) is 0 Å². The van der Waals surface area contributed by atoms with Crippen molar-refractivity contribution < 1.29 is 8.78 Å². The molecule has 0 aliphatic carbocycles. The highest BCUT2D eigenvalue weighted by molar-refractivity contribution is 6.33. The van der Waals surface area contributed by atoms with Crippen LogP contribution in [0.4, 0.5) is 31.5 Å². The molecule has 0 heterocycles. The van der Waals surface area contributed by atoms with E-state index >= 15 is 0 Å². The van der Waals surface area contributed by atoms with Gasteiger partial charge in [0.05, 0.1) is 22.7 Å². The van der Waals surface area contributed by atoms with Gasteiger partial charge in [-0.05, 0) is 24.6 Å². The van der Waals surface area contributed by atoms with Crippen molar-refractivity contribution in [2.75, 3.05) is 16.8 Å². The molecule has 0 atom stereocenters. The summed E-state index contributed by atoms with van der Waals surface area (Å²) in [4.78, 5) is 0. The Morgan fingerprint density at radius 1 is 1.11 bits per heavy atom. The van der Waals surface area contributed by atoms with Gasteiger partial charge in [0, 0.05) is 0 Å². The maximum atomic E-state index is 14.0. The van der Waals surface area contributed by atoms with E-state index in [-0.39, 0.29) is 27.8 Å². The van der Waals surface area contributed by atoms with Crippen molar-refractivity contribution in [2.24, 2.45) is 0 Å². The van der Waals surface area contributed by atoms with E-state index in [9.17, 15) is 8.78 Å². The van der Waals surface area contributed by atoms with E-state index in [1.165, 1.54) is 12.1 Å². The fourth-order valence-corrected chi connectivity index (χ4v) is 1.86. The van der Waals surface area contributed by atoms with E-state index in [0.717, 1.165) is 0 Å². The van der Waals surface area contributed by atoms with Crippen LogP contribution in [0.25, 0.3) is 0 Å². The number of nitrogens with two attached hydrogens (primary N) is 2. The van der Waals surface area contributed by atoms with Crippen LogP contribution in [0.5, 0.6) is 0 Å². The first-order valence-electron chi connectivity index (χ1n) is 5.47. The van der Waals surface area contributed by atoms with Crippen LogP contribution < -0.4 is 16.8 Å². The van der Waals surface area contributed by atoms with Crippen molar-refractivity contribution in [1.82, 2.24) is 0 Å². The fraction of sp³-hybridized carbons (Fsp3) is 0.0769. The molecule has 100 valence electrons. The number of benzene rings is 2. The summed E-state index contributed by atoms with van der Waals surface area (Å²) in [6.07, 6.45) is 0. The third kappa shape index (κ3) is 2.42. The highest BCUT2D eigenvalue weighted by atomic mass is 35.5. The van der Waals surface area contributed by atoms with Crippen molar-refractivity contribution >= 4 is 34.4 Å². The van der Waals surface area contributed by atoms with Crippen LogP contribution in [0.15, 0.2) is 24.3 Å². The summed E-state index contributed by atoms with van der Waals surface area (Å²) >= 11 is 5.71. The van der Waals surface area contributed by atoms with Gasteiger partial charge in [0.15, 0.2) is 5.82 Å². The van der Waals surface area contributed by atoms with Gasteiger partial charge in [0.2, 0.25) is 0 Å². The third-order valence-corrected chi connectivity index (χ3v) is 3.12. The van der Waals surface area contributed by atoms with E-state index in [0.29, 0.717) is 5.56 Å². The summed E-state index contributed by atoms with van der Waals surface area (Å²) in [6, 6.07) is 5.84. The van der Waals surface area contributed by atoms with Gasteiger partial charge in [0.25, 0.3) is 0 Å². The molecule has 0 spiro atoms. The maximum absolute atomic E-state index is 14.0. The van der Waals surface area contributed by atoms with Gasteiger partial charge in [-0.2, -0.15) is 0 Å². The molecule has 0 aliphatic heterocycles.